The predicted octanol–water partition coefficient (Wildman–Crippen LogP) is 3.23. The van der Waals surface area contributed by atoms with Gasteiger partial charge in [0.2, 0.25) is 0 Å². The minimum atomic E-state index is 0.729. The zero-order valence-electron chi connectivity index (χ0n) is 11.4. The Balaban J connectivity index is 1.66. The maximum atomic E-state index is 4.22. The van der Waals surface area contributed by atoms with E-state index in [9.17, 15) is 0 Å². The van der Waals surface area contributed by atoms with E-state index in [1.165, 1.54) is 11.9 Å². The van der Waals surface area contributed by atoms with Crippen molar-refractivity contribution in [1.82, 2.24) is 15.0 Å². The lowest BCUT2D eigenvalue weighted by molar-refractivity contribution is 1.08. The van der Waals surface area contributed by atoms with E-state index in [4.69, 9.17) is 0 Å². The van der Waals surface area contributed by atoms with Gasteiger partial charge in [-0.3, -0.25) is 4.98 Å². The summed E-state index contributed by atoms with van der Waals surface area (Å²) in [5, 5.41) is 6.50. The number of nitrogens with one attached hydrogen (secondary N) is 2. The maximum Gasteiger partial charge on any atom is 0.135 e. The summed E-state index contributed by atoms with van der Waals surface area (Å²) in [6.45, 7) is 0.729. The largest absolute Gasteiger partial charge is 0.366 e. The molecule has 0 saturated carbocycles. The van der Waals surface area contributed by atoms with Gasteiger partial charge in [0.15, 0.2) is 0 Å². The minimum absolute atomic E-state index is 0.729. The van der Waals surface area contributed by atoms with Gasteiger partial charge in [-0.05, 0) is 17.7 Å². The molecule has 5 nitrogen and oxygen atoms in total. The molecule has 0 fully saturated rings. The normalized spacial score (nSPS) is 10.1. The summed E-state index contributed by atoms with van der Waals surface area (Å²) >= 11 is 0. The van der Waals surface area contributed by atoms with Gasteiger partial charge in [0.05, 0.1) is 0 Å². The second-order valence-corrected chi connectivity index (χ2v) is 4.49. The molecule has 0 atom stereocenters. The van der Waals surface area contributed by atoms with Crippen molar-refractivity contribution in [3.8, 4) is 0 Å². The van der Waals surface area contributed by atoms with E-state index >= 15 is 0 Å². The highest BCUT2D eigenvalue weighted by atomic mass is 15.1. The van der Waals surface area contributed by atoms with Gasteiger partial charge in [-0.25, -0.2) is 9.97 Å². The molecule has 2 heterocycles. The van der Waals surface area contributed by atoms with E-state index in [1.807, 2.05) is 36.4 Å². The Morgan fingerprint density at radius 1 is 0.857 bits per heavy atom. The zero-order valence-corrected chi connectivity index (χ0v) is 11.4. The molecule has 3 rings (SSSR count). The summed E-state index contributed by atoms with van der Waals surface area (Å²) in [6, 6.07) is 15.8. The van der Waals surface area contributed by atoms with Crippen LogP contribution in [-0.4, -0.2) is 15.0 Å². The molecule has 2 N–H and O–H groups in total. The molecule has 0 aliphatic rings. The van der Waals surface area contributed by atoms with Gasteiger partial charge in [0.25, 0.3) is 0 Å². The molecule has 0 amide bonds. The first kappa shape index (κ1) is 13.1. The Hall–Kier alpha value is -2.95. The third-order valence-electron chi connectivity index (χ3n) is 2.94. The third-order valence-corrected chi connectivity index (χ3v) is 2.94. The maximum absolute atomic E-state index is 4.22. The first-order valence-corrected chi connectivity index (χ1v) is 6.67. The average molecular weight is 277 g/mol. The second-order valence-electron chi connectivity index (χ2n) is 4.49. The standard InChI is InChI=1S/C16H15N5/c1-2-4-13(5-3-1)11-18-15-10-16(20-12-19-15)21-14-6-8-17-9-7-14/h1-10,12H,11H2,(H2,17,18,19,20,21). The number of benzene rings is 1. The fourth-order valence-corrected chi connectivity index (χ4v) is 1.89. The Morgan fingerprint density at radius 3 is 2.43 bits per heavy atom. The van der Waals surface area contributed by atoms with Crippen LogP contribution in [-0.2, 0) is 6.54 Å². The molecule has 3 aromatic rings. The van der Waals surface area contributed by atoms with Gasteiger partial charge in [-0.1, -0.05) is 30.3 Å². The molecule has 104 valence electrons. The molecule has 21 heavy (non-hydrogen) atoms. The molecule has 0 unspecified atom stereocenters. The molecule has 0 radical (unpaired) electrons. The number of rotatable bonds is 5. The van der Waals surface area contributed by atoms with Gasteiger partial charge in [0, 0.05) is 30.7 Å². The summed E-state index contributed by atoms with van der Waals surface area (Å²) in [5.41, 5.74) is 2.15. The van der Waals surface area contributed by atoms with Crippen LogP contribution in [0.1, 0.15) is 5.56 Å². The van der Waals surface area contributed by atoms with E-state index in [2.05, 4.69) is 37.7 Å². The van der Waals surface area contributed by atoms with E-state index in [1.54, 1.807) is 12.4 Å². The van der Waals surface area contributed by atoms with Gasteiger partial charge >= 0.3 is 0 Å². The third kappa shape index (κ3) is 3.76. The van der Waals surface area contributed by atoms with Gasteiger partial charge < -0.3 is 10.6 Å². The molecular weight excluding hydrogens is 262 g/mol. The van der Waals surface area contributed by atoms with Crippen molar-refractivity contribution in [3.63, 3.8) is 0 Å². The van der Waals surface area contributed by atoms with Crippen molar-refractivity contribution in [2.75, 3.05) is 10.6 Å². The van der Waals surface area contributed by atoms with E-state index < -0.39 is 0 Å². The Morgan fingerprint density at radius 2 is 1.62 bits per heavy atom. The van der Waals surface area contributed by atoms with Gasteiger partial charge in [-0.2, -0.15) is 0 Å². The molecule has 2 aromatic heterocycles. The molecule has 0 aliphatic carbocycles. The predicted molar refractivity (Wildman–Crippen MR) is 83.3 cm³/mol. The van der Waals surface area contributed by atoms with Crippen LogP contribution in [0.25, 0.3) is 0 Å². The van der Waals surface area contributed by atoms with Crippen LogP contribution < -0.4 is 10.6 Å². The first-order valence-electron chi connectivity index (χ1n) is 6.67. The van der Waals surface area contributed by atoms with E-state index in [0.29, 0.717) is 0 Å². The van der Waals surface area contributed by atoms with Crippen LogP contribution >= 0.6 is 0 Å². The van der Waals surface area contributed by atoms with Crippen LogP contribution in [0, 0.1) is 0 Å². The number of nitrogens with zero attached hydrogens (tertiary/aromatic N) is 3. The number of hydrogen-bond acceptors (Lipinski definition) is 5. The molecular formula is C16H15N5. The highest BCUT2D eigenvalue weighted by Gasteiger charge is 1.99. The quantitative estimate of drug-likeness (QED) is 0.749. The molecule has 5 heteroatoms. The van der Waals surface area contributed by atoms with E-state index in [-0.39, 0.29) is 0 Å². The van der Waals surface area contributed by atoms with Crippen molar-refractivity contribution in [1.29, 1.82) is 0 Å². The topological polar surface area (TPSA) is 62.7 Å². The lowest BCUT2D eigenvalue weighted by Crippen LogP contribution is -2.03. The average Bonchev–Trinajstić information content (AvgIpc) is 2.55. The highest BCUT2D eigenvalue weighted by molar-refractivity contribution is 5.58. The number of pyridine rings is 1. The van der Waals surface area contributed by atoms with Crippen molar-refractivity contribution >= 4 is 17.3 Å². The highest BCUT2D eigenvalue weighted by Crippen LogP contribution is 2.15. The fraction of sp³-hybridized carbons (Fsp3) is 0.0625. The Bertz CT molecular complexity index is 685. The fourth-order valence-electron chi connectivity index (χ4n) is 1.89. The molecule has 0 aliphatic heterocycles. The Labute approximate surface area is 123 Å². The van der Waals surface area contributed by atoms with Crippen LogP contribution in [0.4, 0.5) is 17.3 Å². The van der Waals surface area contributed by atoms with Crippen molar-refractivity contribution in [2.24, 2.45) is 0 Å². The molecule has 0 spiro atoms. The summed E-state index contributed by atoms with van der Waals surface area (Å²) in [6.07, 6.45) is 5.01. The number of anilines is 3. The number of hydrogen-bond donors (Lipinski definition) is 2. The zero-order chi connectivity index (χ0) is 14.3. The summed E-state index contributed by atoms with van der Waals surface area (Å²) < 4.78 is 0. The minimum Gasteiger partial charge on any atom is -0.366 e. The Kier molecular flexibility index (Phi) is 4.02. The molecule has 0 saturated heterocycles. The van der Waals surface area contributed by atoms with Crippen molar-refractivity contribution in [3.05, 3.63) is 72.8 Å². The van der Waals surface area contributed by atoms with Crippen LogP contribution in [0.2, 0.25) is 0 Å². The van der Waals surface area contributed by atoms with E-state index in [0.717, 1.165) is 23.9 Å². The SMILES string of the molecule is c1ccc(CNc2cc(Nc3ccncc3)ncn2)cc1. The summed E-state index contributed by atoms with van der Waals surface area (Å²) in [7, 11) is 0. The molecule has 0 bridgehead atoms. The smallest absolute Gasteiger partial charge is 0.135 e. The molecule has 1 aromatic carbocycles. The van der Waals surface area contributed by atoms with Crippen LogP contribution in [0.5, 0.6) is 0 Å². The van der Waals surface area contributed by atoms with Gasteiger partial charge in [-0.15, -0.1) is 0 Å². The summed E-state index contributed by atoms with van der Waals surface area (Å²) in [4.78, 5) is 12.4. The first-order chi connectivity index (χ1) is 10.4. The monoisotopic (exact) mass is 277 g/mol. The van der Waals surface area contributed by atoms with Crippen LogP contribution in [0.15, 0.2) is 67.3 Å². The lowest BCUT2D eigenvalue weighted by atomic mass is 10.2. The van der Waals surface area contributed by atoms with Crippen molar-refractivity contribution < 1.29 is 0 Å². The summed E-state index contributed by atoms with van der Waals surface area (Å²) in [5.74, 6) is 1.53. The van der Waals surface area contributed by atoms with Crippen molar-refractivity contribution in [2.45, 2.75) is 6.54 Å². The van der Waals surface area contributed by atoms with Crippen LogP contribution in [0.3, 0.4) is 0 Å². The number of aromatic nitrogens is 3. The second kappa shape index (κ2) is 6.47. The lowest BCUT2D eigenvalue weighted by Gasteiger charge is -2.08. The van der Waals surface area contributed by atoms with Gasteiger partial charge in [0.1, 0.15) is 18.0 Å².